The maximum Gasteiger partial charge on any atom is 0.320 e. The van der Waals surface area contributed by atoms with Crippen LogP contribution in [0.15, 0.2) is 48.5 Å². The Morgan fingerprint density at radius 3 is 2.33 bits per heavy atom. The fraction of sp³-hybridized carbons (Fsp3) is 0.391. The van der Waals surface area contributed by atoms with Crippen LogP contribution in [0.2, 0.25) is 0 Å². The number of methoxy groups -OCH3 is 1. The van der Waals surface area contributed by atoms with E-state index in [1.807, 2.05) is 58.3 Å². The molecule has 0 unspecified atom stereocenters. The van der Waals surface area contributed by atoms with E-state index in [-0.39, 0.29) is 18.0 Å². The highest BCUT2D eigenvalue weighted by Crippen LogP contribution is 2.24. The second-order valence-corrected chi connectivity index (χ2v) is 7.97. The van der Waals surface area contributed by atoms with E-state index in [0.29, 0.717) is 6.54 Å². The molecule has 7 nitrogen and oxygen atoms in total. The van der Waals surface area contributed by atoms with Crippen LogP contribution in [0.1, 0.15) is 18.1 Å². The number of urea groups is 1. The molecule has 158 valence electrons. The van der Waals surface area contributed by atoms with E-state index < -0.39 is 0 Å². The van der Waals surface area contributed by atoms with Gasteiger partial charge in [0.25, 0.3) is 0 Å². The third-order valence-electron chi connectivity index (χ3n) is 5.73. The normalized spacial score (nSPS) is 19.0. The number of carbonyl (C=O) groups excluding carboxylic acids is 2. The number of hydrogen-bond acceptors (Lipinski definition) is 4. The Kier molecular flexibility index (Phi) is 5.90. The van der Waals surface area contributed by atoms with Crippen molar-refractivity contribution in [3.63, 3.8) is 0 Å². The molecule has 30 heavy (non-hydrogen) atoms. The lowest BCUT2D eigenvalue weighted by Gasteiger charge is -2.36. The van der Waals surface area contributed by atoms with Gasteiger partial charge in [0.15, 0.2) is 0 Å². The molecule has 0 aliphatic carbocycles. The summed E-state index contributed by atoms with van der Waals surface area (Å²) < 4.78 is 5.21. The number of hydrogen-bond donors (Lipinski definition) is 1. The summed E-state index contributed by atoms with van der Waals surface area (Å²) in [4.78, 5) is 30.3. The van der Waals surface area contributed by atoms with E-state index in [0.717, 1.165) is 49.7 Å². The van der Waals surface area contributed by atoms with Gasteiger partial charge in [-0.05, 0) is 35.4 Å². The van der Waals surface area contributed by atoms with Crippen LogP contribution in [0, 0.1) is 0 Å². The average Bonchev–Trinajstić information content (AvgIpc) is 3.04. The third kappa shape index (κ3) is 4.57. The minimum atomic E-state index is -0.0658. The van der Waals surface area contributed by atoms with Crippen LogP contribution >= 0.6 is 0 Å². The Labute approximate surface area is 177 Å². The number of carbonyl (C=O) groups is 2. The lowest BCUT2D eigenvalue weighted by Crippen LogP contribution is -2.51. The molecule has 7 heteroatoms. The smallest absolute Gasteiger partial charge is 0.320 e. The molecule has 0 bridgehead atoms. The highest BCUT2D eigenvalue weighted by molar-refractivity contribution is 5.88. The van der Waals surface area contributed by atoms with Gasteiger partial charge in [0, 0.05) is 51.9 Å². The third-order valence-corrected chi connectivity index (χ3v) is 5.73. The molecule has 0 aromatic heterocycles. The molecule has 3 amide bonds. The van der Waals surface area contributed by atoms with Crippen molar-refractivity contribution < 1.29 is 14.3 Å². The van der Waals surface area contributed by atoms with Gasteiger partial charge >= 0.3 is 6.03 Å². The molecule has 0 radical (unpaired) electrons. The summed E-state index contributed by atoms with van der Waals surface area (Å²) in [6.07, 6.45) is 0. The zero-order chi connectivity index (χ0) is 21.1. The van der Waals surface area contributed by atoms with E-state index in [1.54, 1.807) is 7.11 Å². The van der Waals surface area contributed by atoms with E-state index in [2.05, 4.69) is 10.2 Å². The van der Waals surface area contributed by atoms with Crippen LogP contribution < -0.4 is 10.1 Å². The van der Waals surface area contributed by atoms with E-state index in [9.17, 15) is 9.59 Å². The SMILES string of the molecule is COc1ccc(CN2C[C@H]3CN(Cc4ccc(NC(C)=O)cc4)CCN3C2=O)cc1. The quantitative estimate of drug-likeness (QED) is 0.798. The van der Waals surface area contributed by atoms with Crippen molar-refractivity contribution in [3.8, 4) is 5.75 Å². The number of piperazine rings is 1. The van der Waals surface area contributed by atoms with Crippen molar-refractivity contribution in [1.82, 2.24) is 14.7 Å². The predicted octanol–water partition coefficient (Wildman–Crippen LogP) is 2.78. The van der Waals surface area contributed by atoms with Gasteiger partial charge in [0.05, 0.1) is 13.2 Å². The number of nitrogens with one attached hydrogen (secondary N) is 1. The van der Waals surface area contributed by atoms with E-state index in [1.165, 1.54) is 12.5 Å². The van der Waals surface area contributed by atoms with Crippen molar-refractivity contribution in [2.75, 3.05) is 38.6 Å². The van der Waals surface area contributed by atoms with E-state index >= 15 is 0 Å². The highest BCUT2D eigenvalue weighted by Gasteiger charge is 2.40. The van der Waals surface area contributed by atoms with Crippen LogP contribution in [0.25, 0.3) is 0 Å². The van der Waals surface area contributed by atoms with Gasteiger partial charge in [-0.3, -0.25) is 9.69 Å². The fourth-order valence-electron chi connectivity index (χ4n) is 4.22. The summed E-state index contributed by atoms with van der Waals surface area (Å²) in [5.74, 6) is 0.758. The van der Waals surface area contributed by atoms with Crippen molar-refractivity contribution in [3.05, 3.63) is 59.7 Å². The van der Waals surface area contributed by atoms with Crippen molar-refractivity contribution >= 4 is 17.6 Å². The van der Waals surface area contributed by atoms with Gasteiger partial charge in [-0.25, -0.2) is 4.79 Å². The zero-order valence-electron chi connectivity index (χ0n) is 17.5. The number of fused-ring (bicyclic) bond motifs is 1. The van der Waals surface area contributed by atoms with Crippen LogP contribution in [0.5, 0.6) is 5.75 Å². The van der Waals surface area contributed by atoms with Crippen molar-refractivity contribution in [2.45, 2.75) is 26.1 Å². The Hall–Kier alpha value is -3.06. The number of nitrogens with zero attached hydrogens (tertiary/aromatic N) is 3. The molecule has 1 atom stereocenters. The molecular weight excluding hydrogens is 380 g/mol. The predicted molar refractivity (Wildman–Crippen MR) is 115 cm³/mol. The van der Waals surface area contributed by atoms with Gasteiger partial charge < -0.3 is 19.9 Å². The molecule has 2 aliphatic heterocycles. The number of anilines is 1. The van der Waals surface area contributed by atoms with Gasteiger partial charge in [0.1, 0.15) is 5.75 Å². The maximum atomic E-state index is 12.8. The monoisotopic (exact) mass is 408 g/mol. The molecule has 0 spiro atoms. The second kappa shape index (κ2) is 8.75. The first kappa shape index (κ1) is 20.2. The molecule has 2 aliphatic rings. The molecule has 0 saturated carbocycles. The standard InChI is InChI=1S/C23H28N4O3/c1-17(28)24-20-7-3-18(4-8-20)13-25-11-12-27-21(15-25)16-26(23(27)29)14-19-5-9-22(30-2)10-6-19/h3-10,21H,11-16H2,1-2H3,(H,24,28)/t21-/m1/s1. The first-order valence-corrected chi connectivity index (χ1v) is 10.3. The first-order chi connectivity index (χ1) is 14.5. The van der Waals surface area contributed by atoms with E-state index in [4.69, 9.17) is 4.74 Å². The Morgan fingerprint density at radius 1 is 1.00 bits per heavy atom. The Morgan fingerprint density at radius 2 is 1.67 bits per heavy atom. The molecule has 2 heterocycles. The van der Waals surface area contributed by atoms with Crippen molar-refractivity contribution in [2.24, 2.45) is 0 Å². The summed E-state index contributed by atoms with van der Waals surface area (Å²) in [5, 5.41) is 2.79. The highest BCUT2D eigenvalue weighted by atomic mass is 16.5. The average molecular weight is 409 g/mol. The summed E-state index contributed by atoms with van der Waals surface area (Å²) in [7, 11) is 1.65. The molecule has 2 saturated heterocycles. The van der Waals surface area contributed by atoms with Crippen LogP contribution in [-0.4, -0.2) is 66.0 Å². The molecular formula is C23H28N4O3. The molecule has 2 aromatic carbocycles. The van der Waals surface area contributed by atoms with Crippen molar-refractivity contribution in [1.29, 1.82) is 0 Å². The summed E-state index contributed by atoms with van der Waals surface area (Å²) in [5.41, 5.74) is 3.13. The van der Waals surface area contributed by atoms with Crippen LogP contribution in [-0.2, 0) is 17.9 Å². The lowest BCUT2D eigenvalue weighted by molar-refractivity contribution is -0.114. The number of benzene rings is 2. The number of amides is 3. The molecule has 2 fully saturated rings. The Balaban J connectivity index is 1.33. The number of ether oxygens (including phenoxy) is 1. The first-order valence-electron chi connectivity index (χ1n) is 10.3. The minimum Gasteiger partial charge on any atom is -0.497 e. The van der Waals surface area contributed by atoms with Gasteiger partial charge in [-0.2, -0.15) is 0 Å². The van der Waals surface area contributed by atoms with Crippen LogP contribution in [0.3, 0.4) is 0 Å². The largest absolute Gasteiger partial charge is 0.497 e. The summed E-state index contributed by atoms with van der Waals surface area (Å²) >= 11 is 0. The maximum absolute atomic E-state index is 12.8. The second-order valence-electron chi connectivity index (χ2n) is 7.97. The topological polar surface area (TPSA) is 65.1 Å². The summed E-state index contributed by atoms with van der Waals surface area (Å²) in [6.45, 7) is 6.23. The zero-order valence-corrected chi connectivity index (χ0v) is 17.5. The Bertz CT molecular complexity index is 898. The molecule has 1 N–H and O–H groups in total. The van der Waals surface area contributed by atoms with Gasteiger partial charge in [0.2, 0.25) is 5.91 Å². The minimum absolute atomic E-state index is 0.0658. The van der Waals surface area contributed by atoms with Crippen LogP contribution in [0.4, 0.5) is 10.5 Å². The number of rotatable bonds is 6. The molecule has 4 rings (SSSR count). The summed E-state index contributed by atoms with van der Waals surface area (Å²) in [6, 6.07) is 16.2. The fourth-order valence-corrected chi connectivity index (χ4v) is 4.22. The lowest BCUT2D eigenvalue weighted by atomic mass is 10.1. The van der Waals surface area contributed by atoms with Gasteiger partial charge in [-0.15, -0.1) is 0 Å². The van der Waals surface area contributed by atoms with Gasteiger partial charge in [-0.1, -0.05) is 24.3 Å². The molecule has 2 aromatic rings.